The summed E-state index contributed by atoms with van der Waals surface area (Å²) in [5.41, 5.74) is 0.678. The predicted octanol–water partition coefficient (Wildman–Crippen LogP) is -0.220. The highest BCUT2D eigenvalue weighted by Crippen LogP contribution is 2.29. The van der Waals surface area contributed by atoms with Gasteiger partial charge < -0.3 is 14.6 Å². The highest BCUT2D eigenvalue weighted by molar-refractivity contribution is 5.93. The van der Waals surface area contributed by atoms with Crippen LogP contribution in [-0.2, 0) is 11.8 Å². The molecular weight excluding hydrogens is 276 g/mol. The van der Waals surface area contributed by atoms with Crippen LogP contribution in [0.15, 0.2) is 12.5 Å². The molecule has 0 radical (unpaired) electrons. The number of imidazole rings is 1. The molecule has 1 unspecified atom stereocenters. The van der Waals surface area contributed by atoms with Crippen molar-refractivity contribution in [3.8, 4) is 11.4 Å². The van der Waals surface area contributed by atoms with E-state index in [1.165, 1.54) is 10.9 Å². The zero-order chi connectivity index (χ0) is 15.1. The second kappa shape index (κ2) is 4.69. The van der Waals surface area contributed by atoms with Crippen molar-refractivity contribution in [2.75, 3.05) is 13.6 Å². The Balaban J connectivity index is 2.17. The van der Waals surface area contributed by atoms with Crippen molar-refractivity contribution in [3.05, 3.63) is 18.2 Å². The Morgan fingerprint density at radius 1 is 1.43 bits per heavy atom. The van der Waals surface area contributed by atoms with Crippen LogP contribution in [0.25, 0.3) is 11.4 Å². The Hall–Kier alpha value is -2.71. The monoisotopic (exact) mass is 290 g/mol. The van der Waals surface area contributed by atoms with Crippen LogP contribution in [0.2, 0.25) is 0 Å². The molecule has 0 aliphatic carbocycles. The fraction of sp³-hybridized carbons (Fsp3) is 0.417. The van der Waals surface area contributed by atoms with Crippen LogP contribution in [0, 0.1) is 0 Å². The SMILES string of the molecule is CN1CCC(n2nnc(C(=O)O)c2-c2cncn2C)C1=O. The fourth-order valence-electron chi connectivity index (χ4n) is 2.51. The van der Waals surface area contributed by atoms with Gasteiger partial charge in [-0.15, -0.1) is 5.10 Å². The summed E-state index contributed by atoms with van der Waals surface area (Å²) in [5, 5.41) is 16.9. The summed E-state index contributed by atoms with van der Waals surface area (Å²) >= 11 is 0. The topological polar surface area (TPSA) is 106 Å². The molecular formula is C12H14N6O3. The van der Waals surface area contributed by atoms with E-state index in [2.05, 4.69) is 15.3 Å². The van der Waals surface area contributed by atoms with Gasteiger partial charge in [-0.3, -0.25) is 4.79 Å². The van der Waals surface area contributed by atoms with Crippen LogP contribution in [0.1, 0.15) is 23.0 Å². The molecule has 0 aromatic carbocycles. The zero-order valence-corrected chi connectivity index (χ0v) is 11.6. The smallest absolute Gasteiger partial charge is 0.358 e. The number of hydrogen-bond acceptors (Lipinski definition) is 5. The Kier molecular flexibility index (Phi) is 2.96. The number of aromatic carboxylic acids is 1. The fourth-order valence-corrected chi connectivity index (χ4v) is 2.51. The van der Waals surface area contributed by atoms with Crippen molar-refractivity contribution in [2.24, 2.45) is 7.05 Å². The minimum atomic E-state index is -1.18. The molecule has 9 nitrogen and oxygen atoms in total. The summed E-state index contributed by atoms with van der Waals surface area (Å²) in [4.78, 5) is 29.1. The molecule has 2 aromatic heterocycles. The molecule has 21 heavy (non-hydrogen) atoms. The van der Waals surface area contributed by atoms with E-state index >= 15 is 0 Å². The van der Waals surface area contributed by atoms with Gasteiger partial charge in [-0.25, -0.2) is 14.5 Å². The van der Waals surface area contributed by atoms with Gasteiger partial charge in [-0.2, -0.15) is 0 Å². The lowest BCUT2D eigenvalue weighted by Gasteiger charge is -2.13. The molecule has 1 fully saturated rings. The van der Waals surface area contributed by atoms with Crippen LogP contribution in [0.5, 0.6) is 0 Å². The number of likely N-dealkylation sites (tertiary alicyclic amines) is 1. The van der Waals surface area contributed by atoms with E-state index in [1.807, 2.05) is 0 Å². The molecule has 3 heterocycles. The van der Waals surface area contributed by atoms with Gasteiger partial charge in [0.15, 0.2) is 5.69 Å². The number of carboxylic acids is 1. The van der Waals surface area contributed by atoms with Crippen LogP contribution >= 0.6 is 0 Å². The maximum Gasteiger partial charge on any atom is 0.358 e. The molecule has 9 heteroatoms. The van der Waals surface area contributed by atoms with E-state index in [4.69, 9.17) is 0 Å². The van der Waals surface area contributed by atoms with Gasteiger partial charge in [0.25, 0.3) is 0 Å². The first-order valence-corrected chi connectivity index (χ1v) is 6.41. The van der Waals surface area contributed by atoms with E-state index in [0.717, 1.165) is 0 Å². The molecule has 0 spiro atoms. The number of carbonyl (C=O) groups is 2. The first-order chi connectivity index (χ1) is 10.0. The normalized spacial score (nSPS) is 18.5. The summed E-state index contributed by atoms with van der Waals surface area (Å²) in [7, 11) is 3.45. The summed E-state index contributed by atoms with van der Waals surface area (Å²) in [6.45, 7) is 0.608. The molecule has 1 aliphatic heterocycles. The lowest BCUT2D eigenvalue weighted by atomic mass is 10.2. The summed E-state index contributed by atoms with van der Waals surface area (Å²) in [5.74, 6) is -1.28. The standard InChI is InChI=1S/C12H14N6O3/c1-16-4-3-7(11(16)19)18-10(8-5-13-6-17(8)2)9(12(20)21)14-15-18/h5-7H,3-4H2,1-2H3,(H,20,21). The molecule has 1 N–H and O–H groups in total. The minimum Gasteiger partial charge on any atom is -0.476 e. The molecule has 1 saturated heterocycles. The van der Waals surface area contributed by atoms with E-state index < -0.39 is 12.0 Å². The molecule has 0 bridgehead atoms. The Labute approximate surface area is 119 Å². The largest absolute Gasteiger partial charge is 0.476 e. The van der Waals surface area contributed by atoms with Gasteiger partial charge in [0.1, 0.15) is 11.7 Å². The van der Waals surface area contributed by atoms with E-state index in [-0.39, 0.29) is 11.6 Å². The summed E-state index contributed by atoms with van der Waals surface area (Å²) < 4.78 is 3.07. The first-order valence-electron chi connectivity index (χ1n) is 6.41. The third-order valence-electron chi connectivity index (χ3n) is 3.65. The number of hydrogen-bond donors (Lipinski definition) is 1. The van der Waals surface area contributed by atoms with Gasteiger partial charge in [0, 0.05) is 20.6 Å². The molecule has 1 amide bonds. The first kappa shape index (κ1) is 13.3. The maximum atomic E-state index is 12.2. The van der Waals surface area contributed by atoms with Gasteiger partial charge in [0.2, 0.25) is 5.91 Å². The number of carboxylic acid groups (broad SMARTS) is 1. The van der Waals surface area contributed by atoms with E-state index in [0.29, 0.717) is 24.4 Å². The average molecular weight is 290 g/mol. The summed E-state index contributed by atoms with van der Waals surface area (Å²) in [6, 6.07) is -0.527. The number of nitrogens with zero attached hydrogens (tertiary/aromatic N) is 6. The maximum absolute atomic E-state index is 12.2. The number of rotatable bonds is 3. The Bertz CT molecular complexity index is 718. The lowest BCUT2D eigenvalue weighted by molar-refractivity contribution is -0.129. The van der Waals surface area contributed by atoms with Crippen LogP contribution in [0.3, 0.4) is 0 Å². The van der Waals surface area contributed by atoms with E-state index in [1.54, 1.807) is 29.9 Å². The molecule has 1 aliphatic rings. The zero-order valence-electron chi connectivity index (χ0n) is 11.6. The van der Waals surface area contributed by atoms with Gasteiger partial charge >= 0.3 is 5.97 Å². The number of aryl methyl sites for hydroxylation is 1. The van der Waals surface area contributed by atoms with Crippen LogP contribution in [0.4, 0.5) is 0 Å². The summed E-state index contributed by atoms with van der Waals surface area (Å²) in [6.07, 6.45) is 3.66. The van der Waals surface area contributed by atoms with Gasteiger partial charge in [-0.1, -0.05) is 5.21 Å². The highest BCUT2D eigenvalue weighted by Gasteiger charge is 2.35. The highest BCUT2D eigenvalue weighted by atomic mass is 16.4. The third-order valence-corrected chi connectivity index (χ3v) is 3.65. The lowest BCUT2D eigenvalue weighted by Crippen LogP contribution is -2.25. The van der Waals surface area contributed by atoms with Crippen molar-refractivity contribution in [2.45, 2.75) is 12.5 Å². The number of aromatic nitrogens is 5. The average Bonchev–Trinajstić information content (AvgIpc) is 3.10. The minimum absolute atomic E-state index is 0.0970. The van der Waals surface area contributed by atoms with Crippen molar-refractivity contribution in [1.82, 2.24) is 29.4 Å². The molecule has 1 atom stereocenters. The second-order valence-electron chi connectivity index (χ2n) is 4.99. The molecule has 3 rings (SSSR count). The number of amides is 1. The van der Waals surface area contributed by atoms with Crippen LogP contribution < -0.4 is 0 Å². The Morgan fingerprint density at radius 3 is 2.71 bits per heavy atom. The van der Waals surface area contributed by atoms with Crippen molar-refractivity contribution in [3.63, 3.8) is 0 Å². The van der Waals surface area contributed by atoms with Crippen LogP contribution in [-0.4, -0.2) is 60.0 Å². The predicted molar refractivity (Wildman–Crippen MR) is 70.5 cm³/mol. The van der Waals surface area contributed by atoms with E-state index in [9.17, 15) is 14.7 Å². The van der Waals surface area contributed by atoms with Crippen molar-refractivity contribution in [1.29, 1.82) is 0 Å². The van der Waals surface area contributed by atoms with Gasteiger partial charge in [0.05, 0.1) is 18.2 Å². The molecule has 2 aromatic rings. The number of carbonyl (C=O) groups excluding carboxylic acids is 1. The van der Waals surface area contributed by atoms with Crippen molar-refractivity contribution < 1.29 is 14.7 Å². The quantitative estimate of drug-likeness (QED) is 0.837. The third kappa shape index (κ3) is 1.97. The number of likely N-dealkylation sites (N-methyl/N-ethyl adjacent to an activating group) is 1. The Morgan fingerprint density at radius 2 is 2.19 bits per heavy atom. The van der Waals surface area contributed by atoms with Crippen molar-refractivity contribution >= 4 is 11.9 Å². The molecule has 110 valence electrons. The second-order valence-corrected chi connectivity index (χ2v) is 4.99. The van der Waals surface area contributed by atoms with Gasteiger partial charge in [-0.05, 0) is 6.42 Å². The molecule has 0 saturated carbocycles.